The van der Waals surface area contributed by atoms with Crippen LogP contribution in [0.3, 0.4) is 0 Å². The Morgan fingerprint density at radius 1 is 1.33 bits per heavy atom. The molecule has 3 nitrogen and oxygen atoms in total. The summed E-state index contributed by atoms with van der Waals surface area (Å²) in [6, 6.07) is 4.23. The van der Waals surface area contributed by atoms with E-state index in [0.29, 0.717) is 5.91 Å². The molecule has 3 heteroatoms. The lowest BCUT2D eigenvalue weighted by Crippen LogP contribution is -2.26. The standard InChI is InChI=1S/C15H22N2O/c1-15(2,3)13-7-6-12(11-16-13)8-10-17-9-4-5-14(17)18/h6-7,11H,4-5,8-10H2,1-3H3. The fraction of sp³-hybridized carbons (Fsp3) is 0.600. The van der Waals surface area contributed by atoms with Crippen molar-refractivity contribution in [1.82, 2.24) is 9.88 Å². The number of rotatable bonds is 3. The first-order valence-corrected chi connectivity index (χ1v) is 6.70. The number of carbonyl (C=O) groups excluding carboxylic acids is 1. The van der Waals surface area contributed by atoms with Crippen molar-refractivity contribution in [3.63, 3.8) is 0 Å². The summed E-state index contributed by atoms with van der Waals surface area (Å²) in [6.45, 7) is 8.25. The van der Waals surface area contributed by atoms with Crippen molar-refractivity contribution in [2.24, 2.45) is 0 Å². The van der Waals surface area contributed by atoms with Crippen LogP contribution in [0.15, 0.2) is 18.3 Å². The molecule has 0 atom stereocenters. The molecule has 0 aliphatic carbocycles. The molecule has 1 saturated heterocycles. The van der Waals surface area contributed by atoms with Crippen molar-refractivity contribution in [3.05, 3.63) is 29.6 Å². The van der Waals surface area contributed by atoms with Crippen LogP contribution in [0.5, 0.6) is 0 Å². The highest BCUT2D eigenvalue weighted by Crippen LogP contribution is 2.20. The van der Waals surface area contributed by atoms with Gasteiger partial charge in [0.15, 0.2) is 0 Å². The fourth-order valence-electron chi connectivity index (χ4n) is 2.22. The summed E-state index contributed by atoms with van der Waals surface area (Å²) in [5, 5.41) is 0. The monoisotopic (exact) mass is 246 g/mol. The second-order valence-electron chi connectivity index (χ2n) is 6.04. The highest BCUT2D eigenvalue weighted by atomic mass is 16.2. The summed E-state index contributed by atoms with van der Waals surface area (Å²) < 4.78 is 0. The lowest BCUT2D eigenvalue weighted by atomic mass is 9.91. The number of aromatic nitrogens is 1. The fourth-order valence-corrected chi connectivity index (χ4v) is 2.22. The first-order valence-electron chi connectivity index (χ1n) is 6.70. The normalized spacial score (nSPS) is 16.4. The number of likely N-dealkylation sites (tertiary alicyclic amines) is 1. The Bertz CT molecular complexity index is 417. The van der Waals surface area contributed by atoms with Gasteiger partial charge >= 0.3 is 0 Å². The molecule has 0 saturated carbocycles. The van der Waals surface area contributed by atoms with Crippen molar-refractivity contribution in [2.45, 2.75) is 45.4 Å². The van der Waals surface area contributed by atoms with Crippen molar-refractivity contribution < 1.29 is 4.79 Å². The van der Waals surface area contributed by atoms with E-state index in [1.54, 1.807) is 0 Å². The molecule has 0 N–H and O–H groups in total. The molecule has 1 amide bonds. The lowest BCUT2D eigenvalue weighted by Gasteiger charge is -2.18. The van der Waals surface area contributed by atoms with E-state index in [4.69, 9.17) is 0 Å². The SMILES string of the molecule is CC(C)(C)c1ccc(CCN2CCCC2=O)cn1. The number of amides is 1. The van der Waals surface area contributed by atoms with Crippen molar-refractivity contribution in [2.75, 3.05) is 13.1 Å². The Kier molecular flexibility index (Phi) is 3.69. The Morgan fingerprint density at radius 2 is 2.11 bits per heavy atom. The molecule has 0 aromatic carbocycles. The summed E-state index contributed by atoms with van der Waals surface area (Å²) in [4.78, 5) is 18.0. The molecule has 1 aliphatic heterocycles. The molecule has 2 heterocycles. The predicted molar refractivity (Wildman–Crippen MR) is 72.5 cm³/mol. The number of hydrogen-bond acceptors (Lipinski definition) is 2. The van der Waals surface area contributed by atoms with E-state index in [2.05, 4.69) is 37.9 Å². The quantitative estimate of drug-likeness (QED) is 0.821. The van der Waals surface area contributed by atoms with Crippen LogP contribution in [0.4, 0.5) is 0 Å². The van der Waals surface area contributed by atoms with Gasteiger partial charge in [-0.25, -0.2) is 0 Å². The molecule has 0 unspecified atom stereocenters. The molecule has 98 valence electrons. The molecular formula is C15H22N2O. The predicted octanol–water partition coefficient (Wildman–Crippen LogP) is 2.54. The summed E-state index contributed by atoms with van der Waals surface area (Å²) in [7, 11) is 0. The Labute approximate surface area is 109 Å². The number of nitrogens with zero attached hydrogens (tertiary/aromatic N) is 2. The number of hydrogen-bond donors (Lipinski definition) is 0. The second-order valence-corrected chi connectivity index (χ2v) is 6.04. The Balaban J connectivity index is 1.92. The second kappa shape index (κ2) is 5.09. The largest absolute Gasteiger partial charge is 0.342 e. The van der Waals surface area contributed by atoms with Crippen LogP contribution in [-0.2, 0) is 16.6 Å². The molecule has 0 spiro atoms. The maximum absolute atomic E-state index is 11.5. The van der Waals surface area contributed by atoms with Gasteiger partial charge in [-0.05, 0) is 24.5 Å². The van der Waals surface area contributed by atoms with Crippen LogP contribution in [0.2, 0.25) is 0 Å². The van der Waals surface area contributed by atoms with Gasteiger partial charge in [0.1, 0.15) is 0 Å². The van der Waals surface area contributed by atoms with E-state index < -0.39 is 0 Å². The molecule has 0 bridgehead atoms. The zero-order chi connectivity index (χ0) is 13.2. The molecule has 18 heavy (non-hydrogen) atoms. The van der Waals surface area contributed by atoms with E-state index in [1.807, 2.05) is 11.1 Å². The van der Waals surface area contributed by atoms with E-state index in [1.165, 1.54) is 5.56 Å². The minimum Gasteiger partial charge on any atom is -0.342 e. The van der Waals surface area contributed by atoms with E-state index in [9.17, 15) is 4.79 Å². The van der Waals surface area contributed by atoms with Gasteiger partial charge < -0.3 is 4.90 Å². The van der Waals surface area contributed by atoms with Gasteiger partial charge in [-0.1, -0.05) is 26.8 Å². The van der Waals surface area contributed by atoms with Crippen LogP contribution in [0.25, 0.3) is 0 Å². The van der Waals surface area contributed by atoms with Crippen molar-refractivity contribution in [1.29, 1.82) is 0 Å². The van der Waals surface area contributed by atoms with Crippen LogP contribution < -0.4 is 0 Å². The van der Waals surface area contributed by atoms with Crippen molar-refractivity contribution >= 4 is 5.91 Å². The highest BCUT2D eigenvalue weighted by molar-refractivity contribution is 5.78. The summed E-state index contributed by atoms with van der Waals surface area (Å²) in [5.41, 5.74) is 2.43. The van der Waals surface area contributed by atoms with Crippen LogP contribution >= 0.6 is 0 Å². The maximum Gasteiger partial charge on any atom is 0.222 e. The number of pyridine rings is 1. The zero-order valence-electron chi connectivity index (χ0n) is 11.6. The molecule has 0 radical (unpaired) electrons. The topological polar surface area (TPSA) is 33.2 Å². The van der Waals surface area contributed by atoms with Crippen LogP contribution in [-0.4, -0.2) is 28.9 Å². The third kappa shape index (κ3) is 3.09. The van der Waals surface area contributed by atoms with E-state index in [0.717, 1.165) is 38.0 Å². The lowest BCUT2D eigenvalue weighted by molar-refractivity contribution is -0.127. The van der Waals surface area contributed by atoms with Gasteiger partial charge in [0.25, 0.3) is 0 Å². The summed E-state index contributed by atoms with van der Waals surface area (Å²) in [5.74, 6) is 0.300. The number of carbonyl (C=O) groups is 1. The van der Waals surface area contributed by atoms with Crippen molar-refractivity contribution in [3.8, 4) is 0 Å². The molecule has 2 rings (SSSR count). The summed E-state index contributed by atoms with van der Waals surface area (Å²) >= 11 is 0. The van der Waals surface area contributed by atoms with E-state index in [-0.39, 0.29) is 5.41 Å². The highest BCUT2D eigenvalue weighted by Gasteiger charge is 2.19. The Hall–Kier alpha value is -1.38. The average Bonchev–Trinajstić information content (AvgIpc) is 2.72. The van der Waals surface area contributed by atoms with Gasteiger partial charge in [0, 0.05) is 36.8 Å². The van der Waals surface area contributed by atoms with Gasteiger partial charge in [0.2, 0.25) is 5.91 Å². The smallest absolute Gasteiger partial charge is 0.222 e. The molecule has 1 aliphatic rings. The summed E-state index contributed by atoms with van der Waals surface area (Å²) in [6.07, 6.45) is 4.59. The zero-order valence-corrected chi connectivity index (χ0v) is 11.6. The molecule has 1 aromatic heterocycles. The van der Waals surface area contributed by atoms with Gasteiger partial charge in [-0.3, -0.25) is 9.78 Å². The van der Waals surface area contributed by atoms with Gasteiger partial charge in [-0.2, -0.15) is 0 Å². The Morgan fingerprint density at radius 3 is 2.61 bits per heavy atom. The molecule has 1 fully saturated rings. The molecule has 1 aromatic rings. The van der Waals surface area contributed by atoms with Crippen LogP contribution in [0.1, 0.15) is 44.9 Å². The first-order chi connectivity index (χ1) is 8.47. The van der Waals surface area contributed by atoms with Gasteiger partial charge in [0.05, 0.1) is 0 Å². The average molecular weight is 246 g/mol. The first kappa shape index (κ1) is 13.1. The minimum absolute atomic E-state index is 0.101. The minimum atomic E-state index is 0.101. The molecular weight excluding hydrogens is 224 g/mol. The third-order valence-electron chi connectivity index (χ3n) is 3.43. The van der Waals surface area contributed by atoms with E-state index >= 15 is 0 Å². The maximum atomic E-state index is 11.5. The van der Waals surface area contributed by atoms with Crippen LogP contribution in [0, 0.1) is 0 Å². The van der Waals surface area contributed by atoms with Gasteiger partial charge in [-0.15, -0.1) is 0 Å². The third-order valence-corrected chi connectivity index (χ3v) is 3.43.